The van der Waals surface area contributed by atoms with Crippen LogP contribution < -0.4 is 5.32 Å². The van der Waals surface area contributed by atoms with Gasteiger partial charge in [-0.15, -0.1) is 0 Å². The molecule has 0 heterocycles. The monoisotopic (exact) mass is 617 g/mol. The fraction of sp³-hybridized carbons (Fsp3) is 0.231. The SMILES string of the molecule is CC(=O)O[C@@H](C)C(=O)Nc1c(Cl)c(C(=O)Cl)c(I)c(C(=O)Cl)c1I. The van der Waals surface area contributed by atoms with Gasteiger partial charge in [-0.3, -0.25) is 19.2 Å². The molecule has 24 heavy (non-hydrogen) atoms. The van der Waals surface area contributed by atoms with Crippen LogP contribution in [0, 0.1) is 7.14 Å². The van der Waals surface area contributed by atoms with Gasteiger partial charge in [0.1, 0.15) is 0 Å². The van der Waals surface area contributed by atoms with Crippen LogP contribution in [0.25, 0.3) is 0 Å². The van der Waals surface area contributed by atoms with Gasteiger partial charge in [0.2, 0.25) is 0 Å². The molecule has 0 spiro atoms. The van der Waals surface area contributed by atoms with Crippen LogP contribution >= 0.6 is 80.0 Å². The molecule has 11 heteroatoms. The van der Waals surface area contributed by atoms with E-state index in [1.165, 1.54) is 6.92 Å². The van der Waals surface area contributed by atoms with Crippen molar-refractivity contribution in [2.45, 2.75) is 20.0 Å². The average Bonchev–Trinajstić information content (AvgIpc) is 2.41. The van der Waals surface area contributed by atoms with Crippen molar-refractivity contribution in [1.29, 1.82) is 0 Å². The van der Waals surface area contributed by atoms with Gasteiger partial charge in [-0.1, -0.05) is 11.6 Å². The van der Waals surface area contributed by atoms with E-state index in [0.29, 0.717) is 0 Å². The highest BCUT2D eigenvalue weighted by Crippen LogP contribution is 2.39. The molecule has 0 aromatic heterocycles. The van der Waals surface area contributed by atoms with Gasteiger partial charge >= 0.3 is 5.97 Å². The van der Waals surface area contributed by atoms with Crippen LogP contribution in [0.3, 0.4) is 0 Å². The Morgan fingerprint density at radius 3 is 1.96 bits per heavy atom. The third kappa shape index (κ3) is 4.93. The van der Waals surface area contributed by atoms with Crippen molar-refractivity contribution in [3.63, 3.8) is 0 Å². The summed E-state index contributed by atoms with van der Waals surface area (Å²) in [5.41, 5.74) is -0.185. The Bertz CT molecular complexity index is 713. The lowest BCUT2D eigenvalue weighted by Crippen LogP contribution is -2.30. The Balaban J connectivity index is 3.48. The largest absolute Gasteiger partial charge is 0.453 e. The maximum absolute atomic E-state index is 12.1. The lowest BCUT2D eigenvalue weighted by atomic mass is 10.1. The van der Waals surface area contributed by atoms with Crippen molar-refractivity contribution in [3.05, 3.63) is 23.3 Å². The number of amides is 1. The van der Waals surface area contributed by atoms with Crippen LogP contribution in [0.5, 0.6) is 0 Å². The summed E-state index contributed by atoms with van der Waals surface area (Å²) in [5, 5.41) is 0.518. The fourth-order valence-corrected chi connectivity index (χ4v) is 5.66. The first-order chi connectivity index (χ1) is 11.0. The third-order valence-corrected chi connectivity index (χ3v) is 5.58. The van der Waals surface area contributed by atoms with Crippen LogP contribution in [0.1, 0.15) is 34.6 Å². The molecule has 0 saturated carbocycles. The number of carbonyl (C=O) groups is 4. The summed E-state index contributed by atoms with van der Waals surface area (Å²) in [7, 11) is 0. The Morgan fingerprint density at radius 2 is 1.54 bits per heavy atom. The van der Waals surface area contributed by atoms with Crippen LogP contribution in [0.15, 0.2) is 0 Å². The number of hydrogen-bond donors (Lipinski definition) is 1. The number of carbonyl (C=O) groups excluding carboxylic acids is 4. The molecular weight excluding hydrogens is 610 g/mol. The van der Waals surface area contributed by atoms with E-state index in [1.54, 1.807) is 45.2 Å². The lowest BCUT2D eigenvalue weighted by Gasteiger charge is -2.18. The number of anilines is 1. The quantitative estimate of drug-likeness (QED) is 0.304. The smallest absolute Gasteiger partial charge is 0.303 e. The molecule has 1 aromatic rings. The van der Waals surface area contributed by atoms with E-state index >= 15 is 0 Å². The second-order valence-electron chi connectivity index (χ2n) is 4.36. The first-order valence-electron chi connectivity index (χ1n) is 6.07. The van der Waals surface area contributed by atoms with Gasteiger partial charge in [-0.2, -0.15) is 0 Å². The fourth-order valence-electron chi connectivity index (χ4n) is 1.65. The minimum absolute atomic E-state index is 0.0123. The molecule has 0 aliphatic heterocycles. The Labute approximate surface area is 179 Å². The molecule has 1 atom stereocenters. The van der Waals surface area contributed by atoms with Crippen LogP contribution in [0.4, 0.5) is 5.69 Å². The minimum atomic E-state index is -1.11. The van der Waals surface area contributed by atoms with E-state index in [9.17, 15) is 19.2 Å². The Hall–Kier alpha value is -0.170. The van der Waals surface area contributed by atoms with Gasteiger partial charge in [0, 0.05) is 10.5 Å². The Morgan fingerprint density at radius 1 is 1.04 bits per heavy atom. The maximum Gasteiger partial charge on any atom is 0.303 e. The molecule has 0 bridgehead atoms. The highest BCUT2D eigenvalue weighted by Gasteiger charge is 2.28. The van der Waals surface area contributed by atoms with Crippen molar-refractivity contribution in [1.82, 2.24) is 0 Å². The number of ether oxygens (including phenoxy) is 1. The number of rotatable bonds is 5. The van der Waals surface area contributed by atoms with Gasteiger partial charge in [0.05, 0.1) is 25.4 Å². The minimum Gasteiger partial charge on any atom is -0.453 e. The molecule has 1 aromatic carbocycles. The summed E-state index contributed by atoms with van der Waals surface area (Å²) in [6.07, 6.45) is -1.11. The molecule has 0 aliphatic carbocycles. The highest BCUT2D eigenvalue weighted by atomic mass is 127. The standard InChI is InChI=1S/C13H8Cl3I2NO5/c1-3(24-4(2)20)13(23)19-10-7(14)5(11(15)21)8(17)6(9(10)18)12(16)22/h3H,1-2H3,(H,19,23)/t3-/m0/s1. The molecule has 0 radical (unpaired) electrons. The summed E-state index contributed by atoms with van der Waals surface area (Å²) in [5.74, 6) is -1.35. The van der Waals surface area contributed by atoms with Gasteiger partial charge in [-0.25, -0.2) is 0 Å². The molecular formula is C13H8Cl3I2NO5. The average molecular weight is 618 g/mol. The molecule has 1 rings (SSSR count). The van der Waals surface area contributed by atoms with Gasteiger partial charge < -0.3 is 10.1 Å². The molecule has 1 N–H and O–H groups in total. The molecule has 130 valence electrons. The lowest BCUT2D eigenvalue weighted by molar-refractivity contribution is -0.150. The van der Waals surface area contributed by atoms with Crippen LogP contribution in [-0.2, 0) is 14.3 Å². The number of halogens is 5. The first kappa shape index (κ1) is 21.9. The van der Waals surface area contributed by atoms with Crippen molar-refractivity contribution < 1.29 is 23.9 Å². The van der Waals surface area contributed by atoms with Crippen molar-refractivity contribution >= 4 is 108 Å². The van der Waals surface area contributed by atoms with Gasteiger partial charge in [0.15, 0.2) is 6.10 Å². The predicted octanol–water partition coefficient (Wildman–Crippen LogP) is 4.20. The van der Waals surface area contributed by atoms with E-state index < -0.39 is 28.5 Å². The third-order valence-electron chi connectivity index (χ3n) is 2.67. The second-order valence-corrected chi connectivity index (χ2v) is 7.58. The maximum atomic E-state index is 12.1. The topological polar surface area (TPSA) is 89.5 Å². The zero-order chi connectivity index (χ0) is 18.8. The van der Waals surface area contributed by atoms with E-state index in [1.807, 2.05) is 0 Å². The number of nitrogens with one attached hydrogen (secondary N) is 1. The second kappa shape index (κ2) is 8.97. The zero-order valence-electron chi connectivity index (χ0n) is 12.0. The molecule has 1 amide bonds. The summed E-state index contributed by atoms with van der Waals surface area (Å²) in [4.78, 5) is 46.3. The number of hydrogen-bond acceptors (Lipinski definition) is 5. The summed E-state index contributed by atoms with van der Waals surface area (Å²) in [6, 6.07) is 0. The first-order valence-corrected chi connectivity index (χ1v) is 9.36. The van der Waals surface area contributed by atoms with Crippen molar-refractivity contribution in [2.75, 3.05) is 5.32 Å². The van der Waals surface area contributed by atoms with Crippen molar-refractivity contribution in [3.8, 4) is 0 Å². The van der Waals surface area contributed by atoms with E-state index in [2.05, 4.69) is 5.32 Å². The molecule has 0 saturated heterocycles. The van der Waals surface area contributed by atoms with Gasteiger partial charge in [-0.05, 0) is 75.3 Å². The van der Waals surface area contributed by atoms with E-state index in [4.69, 9.17) is 39.5 Å². The van der Waals surface area contributed by atoms with Crippen LogP contribution in [0.2, 0.25) is 5.02 Å². The normalized spacial score (nSPS) is 11.6. The predicted molar refractivity (Wildman–Crippen MR) is 107 cm³/mol. The van der Waals surface area contributed by atoms with Crippen LogP contribution in [-0.4, -0.2) is 28.5 Å². The number of esters is 1. The number of benzene rings is 1. The molecule has 0 aliphatic rings. The summed E-state index contributed by atoms with van der Waals surface area (Å²) in [6.45, 7) is 2.51. The summed E-state index contributed by atoms with van der Waals surface area (Å²) >= 11 is 20.7. The molecule has 0 fully saturated rings. The zero-order valence-corrected chi connectivity index (χ0v) is 18.6. The highest BCUT2D eigenvalue weighted by molar-refractivity contribution is 14.1. The Kier molecular flexibility index (Phi) is 8.17. The van der Waals surface area contributed by atoms with Gasteiger partial charge in [0.25, 0.3) is 16.4 Å². The van der Waals surface area contributed by atoms with E-state index in [0.717, 1.165) is 6.92 Å². The van der Waals surface area contributed by atoms with E-state index in [-0.39, 0.29) is 29.0 Å². The van der Waals surface area contributed by atoms with Crippen molar-refractivity contribution in [2.24, 2.45) is 0 Å². The molecule has 0 unspecified atom stereocenters. The molecule has 6 nitrogen and oxygen atoms in total. The summed E-state index contributed by atoms with van der Waals surface area (Å²) < 4.78 is 5.16.